The molecule has 0 radical (unpaired) electrons. The molecule has 7 unspecified atom stereocenters. The summed E-state index contributed by atoms with van der Waals surface area (Å²) < 4.78 is 22.9. The van der Waals surface area contributed by atoms with Crippen molar-refractivity contribution in [3.63, 3.8) is 0 Å². The van der Waals surface area contributed by atoms with Crippen molar-refractivity contribution < 1.29 is 28.1 Å². The van der Waals surface area contributed by atoms with E-state index in [0.29, 0.717) is 23.8 Å². The topological polar surface area (TPSA) is 90.3 Å². The van der Waals surface area contributed by atoms with Crippen LogP contribution in [-0.2, 0) is 24.7 Å². The lowest BCUT2D eigenvalue weighted by molar-refractivity contribution is 0.0377. The van der Waals surface area contributed by atoms with Gasteiger partial charge in [0.1, 0.15) is 18.1 Å². The zero-order valence-electron chi connectivity index (χ0n) is 37.7. The predicted octanol–water partition coefficient (Wildman–Crippen LogP) is 15.0. The molecule has 0 spiro atoms. The Morgan fingerprint density at radius 2 is 1.25 bits per heavy atom. The van der Waals surface area contributed by atoms with Gasteiger partial charge in [0, 0.05) is 6.20 Å². The van der Waals surface area contributed by atoms with Gasteiger partial charge in [-0.05, 0) is 111 Å². The van der Waals surface area contributed by atoms with Crippen molar-refractivity contribution in [2.75, 3.05) is 0 Å². The number of nitrogens with zero attached hydrogens (tertiary/aromatic N) is 1. The van der Waals surface area contributed by atoms with Crippen LogP contribution in [0.15, 0.2) is 18.3 Å². The third-order valence-electron chi connectivity index (χ3n) is 11.6. The number of hydrogen-bond donors (Lipinski definition) is 2. The van der Waals surface area contributed by atoms with Gasteiger partial charge >= 0.3 is 8.60 Å². The molecule has 0 saturated heterocycles. The summed E-state index contributed by atoms with van der Waals surface area (Å²) in [4.78, 5) is 13.7. The van der Waals surface area contributed by atoms with Crippen LogP contribution in [0, 0.1) is 47.3 Å². The van der Waals surface area contributed by atoms with Gasteiger partial charge in [-0.2, -0.15) is 0 Å². The lowest BCUT2D eigenvalue weighted by Crippen LogP contribution is -2.32. The molecule has 324 valence electrons. The Labute approximate surface area is 344 Å². The molecule has 0 aromatic carbocycles. The fourth-order valence-electron chi connectivity index (χ4n) is 8.14. The monoisotopic (exact) mass is 814 g/mol. The van der Waals surface area contributed by atoms with Gasteiger partial charge in [0.25, 0.3) is 0 Å². The summed E-state index contributed by atoms with van der Waals surface area (Å²) in [7, 11) is -1.66. The zero-order valence-corrected chi connectivity index (χ0v) is 39.6. The molecule has 2 N–H and O–H groups in total. The Bertz CT molecular complexity index is 1040. The molecule has 4 saturated carbocycles. The van der Waals surface area contributed by atoms with Gasteiger partial charge in [-0.25, -0.2) is 0 Å². The quantitative estimate of drug-likeness (QED) is 0.215. The molecule has 1 aromatic heterocycles. The second kappa shape index (κ2) is 31.5. The van der Waals surface area contributed by atoms with Gasteiger partial charge in [0.15, 0.2) is 9.03 Å². The van der Waals surface area contributed by atoms with Crippen LogP contribution >= 0.6 is 17.6 Å². The normalized spacial score (nSPS) is 30.1. The molecule has 1 heterocycles. The third kappa shape index (κ3) is 24.3. The zero-order chi connectivity index (χ0) is 41.2. The van der Waals surface area contributed by atoms with Gasteiger partial charge < -0.3 is 28.1 Å². The highest BCUT2D eigenvalue weighted by molar-refractivity contribution is 7.40. The summed E-state index contributed by atoms with van der Waals surface area (Å²) >= 11 is 0. The summed E-state index contributed by atoms with van der Waals surface area (Å²) in [5.41, 5.74) is 0.407. The summed E-state index contributed by atoms with van der Waals surface area (Å²) in [6.45, 7) is 27.2. The maximum atomic E-state index is 9.75. The fraction of sp³-hybridized carbons (Fsp3) is 0.891. The summed E-state index contributed by atoms with van der Waals surface area (Å²) in [6, 6.07) is 3.18. The average molecular weight is 814 g/mol. The molecule has 0 aliphatic heterocycles. The highest BCUT2D eigenvalue weighted by Crippen LogP contribution is 2.41. The maximum absolute atomic E-state index is 9.75. The molecule has 0 bridgehead atoms. The van der Waals surface area contributed by atoms with E-state index in [1.54, 1.807) is 12.3 Å². The molecule has 9 atom stereocenters. The van der Waals surface area contributed by atoms with Gasteiger partial charge in [-0.3, -0.25) is 4.98 Å². The number of pyridine rings is 1. The van der Waals surface area contributed by atoms with Crippen LogP contribution in [0.25, 0.3) is 0 Å². The van der Waals surface area contributed by atoms with Crippen molar-refractivity contribution in [3.05, 3.63) is 24.0 Å². The number of aromatic hydroxyl groups is 1. The molecular formula is C46H89NO6P2. The Kier molecular flexibility index (Phi) is 30.2. The van der Waals surface area contributed by atoms with E-state index in [9.17, 15) is 10.00 Å². The van der Waals surface area contributed by atoms with Crippen LogP contribution in [0.2, 0.25) is 0 Å². The molecule has 5 rings (SSSR count). The van der Waals surface area contributed by atoms with Crippen molar-refractivity contribution in [1.29, 1.82) is 0 Å². The smallest absolute Gasteiger partial charge is 0.330 e. The Balaban J connectivity index is 0.000000400. The first kappa shape index (κ1) is 52.6. The predicted molar refractivity (Wildman–Crippen MR) is 237 cm³/mol. The number of rotatable bonds is 11. The second-order valence-electron chi connectivity index (χ2n) is 18.2. The lowest BCUT2D eigenvalue weighted by atomic mass is 9.75. The fourth-order valence-corrected chi connectivity index (χ4v) is 9.68. The summed E-state index contributed by atoms with van der Waals surface area (Å²) in [6.07, 6.45) is 24.3. The van der Waals surface area contributed by atoms with E-state index in [1.165, 1.54) is 96.0 Å². The van der Waals surface area contributed by atoms with Crippen molar-refractivity contribution in [2.45, 2.75) is 217 Å². The van der Waals surface area contributed by atoms with Gasteiger partial charge in [-0.15, -0.1) is 0 Å². The summed E-state index contributed by atoms with van der Waals surface area (Å²) in [5.74, 6) is 6.78. The van der Waals surface area contributed by atoms with E-state index in [-0.39, 0.29) is 27.5 Å². The molecular weight excluding hydrogens is 724 g/mol. The molecule has 4 aliphatic rings. The Morgan fingerprint density at radius 3 is 1.80 bits per heavy atom. The van der Waals surface area contributed by atoms with Crippen molar-refractivity contribution in [2.24, 2.45) is 47.3 Å². The van der Waals surface area contributed by atoms with Crippen LogP contribution < -0.4 is 0 Å². The lowest BCUT2D eigenvalue weighted by Gasteiger charge is -2.37. The molecule has 55 heavy (non-hydrogen) atoms. The Hall–Kier alpha value is -0.390. The molecule has 4 aliphatic carbocycles. The second-order valence-corrected chi connectivity index (χ2v) is 19.8. The molecule has 7 nitrogen and oxygen atoms in total. The molecule has 9 heteroatoms. The van der Waals surface area contributed by atoms with Gasteiger partial charge in [0.05, 0.1) is 18.3 Å². The van der Waals surface area contributed by atoms with Gasteiger partial charge in [0.2, 0.25) is 0 Å². The average Bonchev–Trinajstić information content (AvgIpc) is 3.13. The maximum Gasteiger partial charge on any atom is 0.330 e. The molecule has 1 aromatic rings. The third-order valence-corrected chi connectivity index (χ3v) is 13.2. The van der Waals surface area contributed by atoms with Crippen LogP contribution in [-0.4, -0.2) is 33.3 Å². The van der Waals surface area contributed by atoms with Crippen LogP contribution in [0.4, 0.5) is 0 Å². The first-order chi connectivity index (χ1) is 26.2. The number of hydrogen-bond acceptors (Lipinski definition) is 7. The van der Waals surface area contributed by atoms with Gasteiger partial charge in [-0.1, -0.05) is 141 Å². The SMILES string of the molecule is CC1CCC(C(C)C)CC1.CC1CCCC(OP(O)OCc2ncccc2O)C1.CC1CCCC(OPO[C@@H]2C[C@H](C)CCC2C(C)C)C1.CCC.CCC. The Morgan fingerprint density at radius 1 is 0.709 bits per heavy atom. The van der Waals surface area contributed by atoms with Crippen LogP contribution in [0.5, 0.6) is 5.75 Å². The highest BCUT2D eigenvalue weighted by Gasteiger charge is 2.32. The van der Waals surface area contributed by atoms with Crippen molar-refractivity contribution in [3.8, 4) is 5.75 Å². The molecule has 0 amide bonds. The van der Waals surface area contributed by atoms with Crippen LogP contribution in [0.3, 0.4) is 0 Å². The van der Waals surface area contributed by atoms with E-state index < -0.39 is 8.60 Å². The first-order valence-corrected chi connectivity index (χ1v) is 24.7. The number of aromatic nitrogens is 1. The van der Waals surface area contributed by atoms with E-state index in [0.717, 1.165) is 60.7 Å². The highest BCUT2D eigenvalue weighted by atomic mass is 31.2. The van der Waals surface area contributed by atoms with E-state index in [1.807, 2.05) is 0 Å². The molecule has 4 fully saturated rings. The van der Waals surface area contributed by atoms with E-state index in [2.05, 4.69) is 88.1 Å². The minimum absolute atomic E-state index is 0.0527. The van der Waals surface area contributed by atoms with Crippen molar-refractivity contribution in [1.82, 2.24) is 4.98 Å². The van der Waals surface area contributed by atoms with E-state index in [4.69, 9.17) is 18.1 Å². The first-order valence-electron chi connectivity index (χ1n) is 22.7. The van der Waals surface area contributed by atoms with Crippen molar-refractivity contribution >= 4 is 17.6 Å². The largest absolute Gasteiger partial charge is 0.506 e. The standard InChI is InChI=1S/C17H33O2P.C13H20NO4P.C10H20.2C3H8/c1-12(2)16-9-8-14(4)11-17(16)19-20-18-15-7-5-6-13(3)10-15;1-10-4-2-5-11(8-10)18-19(16)17-9-12-13(15)6-3-7-14-12;1-8(2)10-6-4-9(3)5-7-10;2*1-3-2/h12-17,20H,5-11H2,1-4H3;3,6-7,10-11,15-16H,2,4-5,8-9H2,1H3;8-10H,4-7H2,1-3H3;2*3H2,1-2H3/t13?,14-,15?,16?,17-;;;;/m1..../s1. The summed E-state index contributed by atoms with van der Waals surface area (Å²) in [5, 5.41) is 9.52. The van der Waals surface area contributed by atoms with E-state index >= 15 is 0 Å². The van der Waals surface area contributed by atoms with Crippen LogP contribution in [0.1, 0.15) is 198 Å². The minimum atomic E-state index is -1.91. The minimum Gasteiger partial charge on any atom is -0.506 e.